The Morgan fingerprint density at radius 1 is 1.24 bits per heavy atom. The molecule has 1 aromatic rings. The van der Waals surface area contributed by atoms with Gasteiger partial charge in [-0.25, -0.2) is 0 Å². The highest BCUT2D eigenvalue weighted by atomic mass is 35.5. The van der Waals surface area contributed by atoms with Gasteiger partial charge in [0.2, 0.25) is 0 Å². The van der Waals surface area contributed by atoms with E-state index in [1.165, 1.54) is 0 Å². The highest BCUT2D eigenvalue weighted by Gasteiger charge is 2.19. The van der Waals surface area contributed by atoms with E-state index in [9.17, 15) is 0 Å². The molecule has 2 rings (SSSR count). The Labute approximate surface area is 133 Å². The molecule has 0 spiro atoms. The van der Waals surface area contributed by atoms with Crippen LogP contribution < -0.4 is 10.6 Å². The van der Waals surface area contributed by atoms with Crippen LogP contribution in [-0.2, 0) is 0 Å². The largest absolute Gasteiger partial charge is 0.368 e. The van der Waals surface area contributed by atoms with Crippen molar-refractivity contribution in [3.05, 3.63) is 28.8 Å². The molecule has 1 unspecified atom stereocenters. The quantitative estimate of drug-likeness (QED) is 0.903. The predicted molar refractivity (Wildman–Crippen MR) is 91.3 cm³/mol. The van der Waals surface area contributed by atoms with Gasteiger partial charge in [0.15, 0.2) is 0 Å². The van der Waals surface area contributed by atoms with Crippen molar-refractivity contribution in [3.63, 3.8) is 0 Å². The zero-order chi connectivity index (χ0) is 15.4. The summed E-state index contributed by atoms with van der Waals surface area (Å²) in [5.74, 6) is 0. The van der Waals surface area contributed by atoms with Gasteiger partial charge in [-0.15, -0.1) is 0 Å². The molecule has 1 aliphatic heterocycles. The lowest BCUT2D eigenvalue weighted by Crippen LogP contribution is -2.48. The third-order valence-electron chi connectivity index (χ3n) is 4.07. The maximum absolute atomic E-state index is 6.43. The van der Waals surface area contributed by atoms with Gasteiger partial charge in [0.05, 0.1) is 10.7 Å². The van der Waals surface area contributed by atoms with Gasteiger partial charge in [0.1, 0.15) is 0 Å². The molecular weight excluding hydrogens is 284 g/mol. The summed E-state index contributed by atoms with van der Waals surface area (Å²) in [6, 6.07) is 6.22. The Morgan fingerprint density at radius 3 is 2.43 bits per heavy atom. The summed E-state index contributed by atoms with van der Waals surface area (Å²) in [6.45, 7) is 8.49. The summed E-state index contributed by atoms with van der Waals surface area (Å²) in [5.41, 5.74) is 8.13. The molecular formula is C16H27ClN4. The topological polar surface area (TPSA) is 35.7 Å². The summed E-state index contributed by atoms with van der Waals surface area (Å²) in [7, 11) is 4.24. The van der Waals surface area contributed by atoms with Gasteiger partial charge in [-0.05, 0) is 38.7 Å². The van der Waals surface area contributed by atoms with E-state index in [1.807, 2.05) is 13.0 Å². The van der Waals surface area contributed by atoms with Crippen molar-refractivity contribution in [1.82, 2.24) is 9.80 Å². The van der Waals surface area contributed by atoms with Crippen LogP contribution in [0.1, 0.15) is 18.5 Å². The second-order valence-corrected chi connectivity index (χ2v) is 6.54. The lowest BCUT2D eigenvalue weighted by molar-refractivity contribution is 0.229. The van der Waals surface area contributed by atoms with Gasteiger partial charge >= 0.3 is 0 Å². The fraction of sp³-hybridized carbons (Fsp3) is 0.625. The van der Waals surface area contributed by atoms with E-state index >= 15 is 0 Å². The first-order valence-electron chi connectivity index (χ1n) is 7.64. The summed E-state index contributed by atoms with van der Waals surface area (Å²) in [6.07, 6.45) is 0. The number of rotatable bonds is 5. The molecule has 1 saturated heterocycles. The maximum atomic E-state index is 6.43. The Bertz CT molecular complexity index is 454. The van der Waals surface area contributed by atoms with Crippen molar-refractivity contribution in [2.75, 3.05) is 58.3 Å². The lowest BCUT2D eigenvalue weighted by atomic mass is 10.1. The minimum atomic E-state index is 0.0273. The molecule has 1 heterocycles. The van der Waals surface area contributed by atoms with Crippen molar-refractivity contribution in [2.24, 2.45) is 5.73 Å². The zero-order valence-corrected chi connectivity index (χ0v) is 14.1. The molecule has 0 aliphatic carbocycles. The summed E-state index contributed by atoms with van der Waals surface area (Å²) in [4.78, 5) is 7.12. The number of benzene rings is 1. The van der Waals surface area contributed by atoms with E-state index in [-0.39, 0.29) is 6.04 Å². The van der Waals surface area contributed by atoms with Crippen LogP contribution in [0.4, 0.5) is 5.69 Å². The van der Waals surface area contributed by atoms with Crippen molar-refractivity contribution in [1.29, 1.82) is 0 Å². The van der Waals surface area contributed by atoms with Gasteiger partial charge in [0.25, 0.3) is 0 Å². The second kappa shape index (κ2) is 7.45. The third kappa shape index (κ3) is 4.58. The number of halogens is 1. The summed E-state index contributed by atoms with van der Waals surface area (Å²) < 4.78 is 0. The predicted octanol–water partition coefficient (Wildman–Crippen LogP) is 2.04. The second-order valence-electron chi connectivity index (χ2n) is 6.13. The average molecular weight is 311 g/mol. The van der Waals surface area contributed by atoms with Crippen molar-refractivity contribution in [3.8, 4) is 0 Å². The van der Waals surface area contributed by atoms with Crippen LogP contribution in [0, 0.1) is 0 Å². The molecule has 0 amide bonds. The van der Waals surface area contributed by atoms with E-state index in [2.05, 4.69) is 40.9 Å². The summed E-state index contributed by atoms with van der Waals surface area (Å²) >= 11 is 6.43. The van der Waals surface area contributed by atoms with Gasteiger partial charge in [-0.3, -0.25) is 4.90 Å². The van der Waals surface area contributed by atoms with E-state index in [0.29, 0.717) is 0 Å². The maximum Gasteiger partial charge on any atom is 0.0642 e. The first-order valence-corrected chi connectivity index (χ1v) is 8.02. The molecule has 1 aliphatic rings. The lowest BCUT2D eigenvalue weighted by Gasteiger charge is -2.37. The molecule has 0 radical (unpaired) electrons. The smallest absolute Gasteiger partial charge is 0.0642 e. The molecule has 118 valence electrons. The van der Waals surface area contributed by atoms with Gasteiger partial charge in [-0.2, -0.15) is 0 Å². The number of hydrogen-bond acceptors (Lipinski definition) is 4. The van der Waals surface area contributed by atoms with Crippen LogP contribution in [0.2, 0.25) is 5.02 Å². The number of nitrogens with two attached hydrogens (primary N) is 1. The summed E-state index contributed by atoms with van der Waals surface area (Å²) in [5, 5.41) is 0.812. The van der Waals surface area contributed by atoms with Crippen molar-refractivity contribution < 1.29 is 0 Å². The van der Waals surface area contributed by atoms with Gasteiger partial charge in [-0.1, -0.05) is 17.7 Å². The van der Waals surface area contributed by atoms with E-state index in [1.54, 1.807) is 0 Å². The van der Waals surface area contributed by atoms with E-state index in [0.717, 1.165) is 55.5 Å². The van der Waals surface area contributed by atoms with Crippen LogP contribution in [-0.4, -0.2) is 63.2 Å². The third-order valence-corrected chi connectivity index (χ3v) is 4.38. The number of likely N-dealkylation sites (N-methyl/N-ethyl adjacent to an activating group) is 1. The standard InChI is InChI=1S/C16H27ClN4/c1-13(18)14-4-5-16(15(17)12-14)21-10-8-20(9-11-21)7-6-19(2)3/h4-5,12-13H,6-11,18H2,1-3H3. The van der Waals surface area contributed by atoms with Crippen molar-refractivity contribution >= 4 is 17.3 Å². The number of anilines is 1. The van der Waals surface area contributed by atoms with Gasteiger partial charge < -0.3 is 15.5 Å². The molecule has 4 nitrogen and oxygen atoms in total. The molecule has 0 bridgehead atoms. The molecule has 21 heavy (non-hydrogen) atoms. The van der Waals surface area contributed by atoms with Crippen LogP contribution in [0.25, 0.3) is 0 Å². The molecule has 0 aromatic heterocycles. The molecule has 1 fully saturated rings. The fourth-order valence-electron chi connectivity index (χ4n) is 2.62. The number of hydrogen-bond donors (Lipinski definition) is 1. The molecule has 1 aromatic carbocycles. The van der Waals surface area contributed by atoms with Crippen LogP contribution in [0.5, 0.6) is 0 Å². The van der Waals surface area contributed by atoms with Crippen LogP contribution in [0.3, 0.4) is 0 Å². The van der Waals surface area contributed by atoms with E-state index < -0.39 is 0 Å². The van der Waals surface area contributed by atoms with Crippen LogP contribution >= 0.6 is 11.6 Å². The average Bonchev–Trinajstić information content (AvgIpc) is 2.45. The molecule has 0 saturated carbocycles. The number of nitrogens with zero attached hydrogens (tertiary/aromatic N) is 3. The zero-order valence-electron chi connectivity index (χ0n) is 13.3. The highest BCUT2D eigenvalue weighted by Crippen LogP contribution is 2.29. The normalized spacial score (nSPS) is 18.3. The molecule has 2 N–H and O–H groups in total. The minimum absolute atomic E-state index is 0.0273. The fourth-order valence-corrected chi connectivity index (χ4v) is 2.93. The Balaban J connectivity index is 1.93. The first kappa shape index (κ1) is 16.6. The SMILES string of the molecule is CC(N)c1ccc(N2CCN(CCN(C)C)CC2)c(Cl)c1. The Kier molecular flexibility index (Phi) is 5.88. The van der Waals surface area contributed by atoms with Crippen LogP contribution in [0.15, 0.2) is 18.2 Å². The van der Waals surface area contributed by atoms with E-state index in [4.69, 9.17) is 17.3 Å². The minimum Gasteiger partial charge on any atom is -0.368 e. The van der Waals surface area contributed by atoms with Gasteiger partial charge in [0, 0.05) is 45.3 Å². The monoisotopic (exact) mass is 310 g/mol. The molecule has 1 atom stereocenters. The number of piperazine rings is 1. The molecule has 5 heteroatoms. The van der Waals surface area contributed by atoms with Crippen molar-refractivity contribution in [2.45, 2.75) is 13.0 Å². The first-order chi connectivity index (χ1) is 9.97. The Hall–Kier alpha value is -0.810. The Morgan fingerprint density at radius 2 is 1.90 bits per heavy atom. The highest BCUT2D eigenvalue weighted by molar-refractivity contribution is 6.33.